The third-order valence-electron chi connectivity index (χ3n) is 4.70. The summed E-state index contributed by atoms with van der Waals surface area (Å²) in [4.78, 5) is 28.5. The van der Waals surface area contributed by atoms with Crippen LogP contribution >= 0.6 is 11.8 Å². The minimum Gasteiger partial charge on any atom is -0.452 e. The van der Waals surface area contributed by atoms with Crippen LogP contribution in [0, 0.1) is 0 Å². The van der Waals surface area contributed by atoms with Gasteiger partial charge in [-0.05, 0) is 43.4 Å². The van der Waals surface area contributed by atoms with Gasteiger partial charge in [0.15, 0.2) is 18.1 Å². The summed E-state index contributed by atoms with van der Waals surface area (Å²) < 4.78 is 17.1. The molecule has 0 radical (unpaired) electrons. The van der Waals surface area contributed by atoms with E-state index in [0.717, 1.165) is 25.7 Å². The van der Waals surface area contributed by atoms with Gasteiger partial charge in [0.05, 0.1) is 5.56 Å². The van der Waals surface area contributed by atoms with Crippen molar-refractivity contribution in [2.45, 2.75) is 36.5 Å². The monoisotopic (exact) mass is 400 g/mol. The topological polar surface area (TPSA) is 86.8 Å². The van der Waals surface area contributed by atoms with Gasteiger partial charge >= 0.3 is 5.97 Å². The minimum absolute atomic E-state index is 0.341. The highest BCUT2D eigenvalue weighted by molar-refractivity contribution is 7.98. The van der Waals surface area contributed by atoms with Gasteiger partial charge in [0.2, 0.25) is 0 Å². The third kappa shape index (κ3) is 3.77. The number of fused-ring (bicyclic) bond motifs is 1. The lowest BCUT2D eigenvalue weighted by atomic mass is 10.2. The molecule has 2 aromatic rings. The van der Waals surface area contributed by atoms with Crippen LogP contribution in [0.25, 0.3) is 0 Å². The predicted molar refractivity (Wildman–Crippen MR) is 104 cm³/mol. The number of thioether (sulfide) groups is 1. The molecule has 28 heavy (non-hydrogen) atoms. The van der Waals surface area contributed by atoms with Gasteiger partial charge in [0.25, 0.3) is 11.7 Å². The maximum Gasteiger partial charge on any atom is 0.341 e. The molecule has 1 spiro atoms. The number of carbonyl (C=O) groups excluding carboxylic acids is 2. The average molecular weight is 400 g/mol. The molecule has 1 saturated carbocycles. The molecule has 0 bridgehead atoms. The second-order valence-electron chi connectivity index (χ2n) is 6.67. The Kier molecular flexibility index (Phi) is 5.13. The highest BCUT2D eigenvalue weighted by Gasteiger charge is 2.44. The Labute approximate surface area is 166 Å². The summed E-state index contributed by atoms with van der Waals surface area (Å²) in [6, 6.07) is 8.53. The van der Waals surface area contributed by atoms with Gasteiger partial charge in [-0.2, -0.15) is 0 Å². The lowest BCUT2D eigenvalue weighted by Crippen LogP contribution is -2.34. The summed E-state index contributed by atoms with van der Waals surface area (Å²) >= 11 is 1.34. The van der Waals surface area contributed by atoms with Crippen molar-refractivity contribution < 1.29 is 23.8 Å². The Morgan fingerprint density at radius 2 is 2.00 bits per heavy atom. The number of benzene rings is 1. The summed E-state index contributed by atoms with van der Waals surface area (Å²) in [5.41, 5.74) is 0.900. The van der Waals surface area contributed by atoms with Crippen LogP contribution in [-0.4, -0.2) is 35.5 Å². The number of ether oxygens (including phenoxy) is 3. The van der Waals surface area contributed by atoms with E-state index in [2.05, 4.69) is 10.3 Å². The highest BCUT2D eigenvalue weighted by Crippen LogP contribution is 2.47. The predicted octanol–water partition coefficient (Wildman–Crippen LogP) is 3.64. The molecule has 8 heteroatoms. The standard InChI is InChI=1S/C20H20N2O5S/c1-28-18-14(5-4-10-21-18)19(24)25-12-17(23)22-13-6-7-15-16(11-13)27-20(26-15)8-2-3-9-20/h4-7,10-11H,2-3,8-9,12H2,1H3,(H,22,23). The zero-order valence-corrected chi connectivity index (χ0v) is 16.2. The molecule has 0 atom stereocenters. The number of hydrogen-bond donors (Lipinski definition) is 1. The number of rotatable bonds is 5. The van der Waals surface area contributed by atoms with E-state index >= 15 is 0 Å². The molecular formula is C20H20N2O5S. The van der Waals surface area contributed by atoms with E-state index in [1.165, 1.54) is 11.8 Å². The van der Waals surface area contributed by atoms with Gasteiger partial charge in [0.1, 0.15) is 5.03 Å². The van der Waals surface area contributed by atoms with E-state index < -0.39 is 17.7 Å². The minimum atomic E-state index is -0.582. The second kappa shape index (κ2) is 7.71. The maximum absolute atomic E-state index is 12.2. The molecule has 1 amide bonds. The van der Waals surface area contributed by atoms with Crippen LogP contribution in [0.3, 0.4) is 0 Å². The van der Waals surface area contributed by atoms with Crippen molar-refractivity contribution in [2.24, 2.45) is 0 Å². The second-order valence-corrected chi connectivity index (χ2v) is 7.46. The van der Waals surface area contributed by atoms with Crippen molar-refractivity contribution in [2.75, 3.05) is 18.2 Å². The zero-order valence-electron chi connectivity index (χ0n) is 15.4. The van der Waals surface area contributed by atoms with Crippen molar-refractivity contribution in [3.63, 3.8) is 0 Å². The lowest BCUT2D eigenvalue weighted by Gasteiger charge is -2.21. The molecule has 146 valence electrons. The Morgan fingerprint density at radius 3 is 2.79 bits per heavy atom. The van der Waals surface area contributed by atoms with Gasteiger partial charge in [-0.3, -0.25) is 4.79 Å². The van der Waals surface area contributed by atoms with E-state index in [1.807, 2.05) is 6.26 Å². The third-order valence-corrected chi connectivity index (χ3v) is 5.42. The molecule has 1 aromatic heterocycles. The number of esters is 1. The SMILES string of the molecule is CSc1ncccc1C(=O)OCC(=O)Nc1ccc2c(c1)OC1(CCCC1)O2. The first kappa shape index (κ1) is 18.6. The molecule has 7 nitrogen and oxygen atoms in total. The quantitative estimate of drug-likeness (QED) is 0.606. The summed E-state index contributed by atoms with van der Waals surface area (Å²) in [5, 5.41) is 3.27. The Hall–Kier alpha value is -2.74. The zero-order chi connectivity index (χ0) is 19.6. The van der Waals surface area contributed by atoms with Crippen LogP contribution in [0.2, 0.25) is 0 Å². The number of anilines is 1. The van der Waals surface area contributed by atoms with Gasteiger partial charge < -0.3 is 19.5 Å². The molecule has 1 N–H and O–H groups in total. The molecule has 2 aliphatic rings. The summed E-state index contributed by atoms with van der Waals surface area (Å²) in [6.07, 6.45) is 7.32. The molecule has 2 heterocycles. The van der Waals surface area contributed by atoms with Gasteiger partial charge in [-0.1, -0.05) is 0 Å². The number of pyridine rings is 1. The van der Waals surface area contributed by atoms with E-state index in [9.17, 15) is 9.59 Å². The number of aromatic nitrogens is 1. The van der Waals surface area contributed by atoms with Crippen molar-refractivity contribution in [3.8, 4) is 11.5 Å². The van der Waals surface area contributed by atoms with Crippen molar-refractivity contribution >= 4 is 29.3 Å². The van der Waals surface area contributed by atoms with Crippen LogP contribution in [0.15, 0.2) is 41.6 Å². The first-order valence-electron chi connectivity index (χ1n) is 9.07. The van der Waals surface area contributed by atoms with E-state index in [-0.39, 0.29) is 6.61 Å². The van der Waals surface area contributed by atoms with Crippen molar-refractivity contribution in [1.29, 1.82) is 0 Å². The average Bonchev–Trinajstić information content (AvgIpc) is 3.31. The number of carbonyl (C=O) groups is 2. The van der Waals surface area contributed by atoms with Gasteiger partial charge in [0, 0.05) is 30.8 Å². The number of nitrogens with one attached hydrogen (secondary N) is 1. The summed E-state index contributed by atoms with van der Waals surface area (Å²) in [7, 11) is 0. The largest absolute Gasteiger partial charge is 0.452 e. The van der Waals surface area contributed by atoms with E-state index in [1.54, 1.807) is 36.5 Å². The molecule has 1 aromatic carbocycles. The normalized spacial score (nSPS) is 16.2. The van der Waals surface area contributed by atoms with Crippen LogP contribution in [-0.2, 0) is 9.53 Å². The smallest absolute Gasteiger partial charge is 0.341 e. The van der Waals surface area contributed by atoms with Crippen molar-refractivity contribution in [1.82, 2.24) is 4.98 Å². The Bertz CT molecular complexity index is 911. The van der Waals surface area contributed by atoms with Crippen molar-refractivity contribution in [3.05, 3.63) is 42.1 Å². The molecule has 4 rings (SSSR count). The highest BCUT2D eigenvalue weighted by atomic mass is 32.2. The van der Waals surface area contributed by atoms with Crippen LogP contribution < -0.4 is 14.8 Å². The molecule has 1 aliphatic heterocycles. The fraction of sp³-hybridized carbons (Fsp3) is 0.350. The number of hydrogen-bond acceptors (Lipinski definition) is 7. The van der Waals surface area contributed by atoms with E-state index in [4.69, 9.17) is 14.2 Å². The molecular weight excluding hydrogens is 380 g/mol. The molecule has 1 fully saturated rings. The molecule has 1 aliphatic carbocycles. The van der Waals surface area contributed by atoms with E-state index in [0.29, 0.717) is 27.8 Å². The Morgan fingerprint density at radius 1 is 1.21 bits per heavy atom. The molecule has 0 unspecified atom stereocenters. The summed E-state index contributed by atoms with van der Waals surface area (Å²) in [5.74, 6) is -0.248. The van der Waals surface area contributed by atoms with Crippen LogP contribution in [0.1, 0.15) is 36.0 Å². The number of nitrogens with zero attached hydrogens (tertiary/aromatic N) is 1. The lowest BCUT2D eigenvalue weighted by molar-refractivity contribution is -0.119. The first-order valence-corrected chi connectivity index (χ1v) is 10.3. The van der Waals surface area contributed by atoms with Gasteiger partial charge in [-0.25, -0.2) is 9.78 Å². The Balaban J connectivity index is 1.34. The molecule has 0 saturated heterocycles. The van der Waals surface area contributed by atoms with Crippen LogP contribution in [0.4, 0.5) is 5.69 Å². The van der Waals surface area contributed by atoms with Gasteiger partial charge in [-0.15, -0.1) is 11.8 Å². The van der Waals surface area contributed by atoms with Crippen LogP contribution in [0.5, 0.6) is 11.5 Å². The fourth-order valence-corrected chi connectivity index (χ4v) is 3.94. The summed E-state index contributed by atoms with van der Waals surface area (Å²) in [6.45, 7) is -0.389. The number of amides is 1. The maximum atomic E-state index is 12.2. The fourth-order valence-electron chi connectivity index (χ4n) is 3.40. The first-order chi connectivity index (χ1) is 13.6.